The van der Waals surface area contributed by atoms with Crippen LogP contribution < -0.4 is 10.1 Å². The number of carbonyl (C=O) groups is 1. The highest BCUT2D eigenvalue weighted by Crippen LogP contribution is 2.19. The minimum atomic E-state index is -0.950. The number of para-hydroxylation sites is 1. The topological polar surface area (TPSA) is 58.6 Å². The van der Waals surface area contributed by atoms with Crippen LogP contribution >= 0.6 is 0 Å². The van der Waals surface area contributed by atoms with Gasteiger partial charge in [-0.3, -0.25) is 0 Å². The van der Waals surface area contributed by atoms with Gasteiger partial charge in [0, 0.05) is 12.2 Å². The first-order valence-corrected chi connectivity index (χ1v) is 6.84. The van der Waals surface area contributed by atoms with Crippen molar-refractivity contribution in [2.75, 3.05) is 18.5 Å². The molecule has 2 N–H and O–H groups in total. The maximum absolute atomic E-state index is 10.9. The van der Waals surface area contributed by atoms with E-state index in [9.17, 15) is 4.79 Å². The van der Waals surface area contributed by atoms with Crippen molar-refractivity contribution in [3.05, 3.63) is 59.2 Å². The molecule has 4 nitrogen and oxygen atoms in total. The molecule has 0 saturated heterocycles. The lowest BCUT2D eigenvalue weighted by Crippen LogP contribution is -2.13. The lowest BCUT2D eigenvalue weighted by atomic mass is 10.1. The van der Waals surface area contributed by atoms with Crippen LogP contribution in [-0.2, 0) is 0 Å². The standard InChI is InChI=1S/C17H19NO3/c1-12-5-3-6-13(2)16(12)18-9-10-21-15-8-4-7-14(11-15)17(19)20/h3-8,11,18H,9-10H2,1-2H3,(H,19,20). The fourth-order valence-electron chi connectivity index (χ4n) is 2.16. The van der Waals surface area contributed by atoms with Gasteiger partial charge in [-0.2, -0.15) is 0 Å². The molecule has 0 radical (unpaired) electrons. The highest BCUT2D eigenvalue weighted by Gasteiger charge is 2.04. The van der Waals surface area contributed by atoms with Crippen LogP contribution in [0, 0.1) is 13.8 Å². The van der Waals surface area contributed by atoms with Gasteiger partial charge in [0.05, 0.1) is 5.56 Å². The highest BCUT2D eigenvalue weighted by molar-refractivity contribution is 5.87. The van der Waals surface area contributed by atoms with Gasteiger partial charge in [-0.1, -0.05) is 24.3 Å². The van der Waals surface area contributed by atoms with Gasteiger partial charge in [0.2, 0.25) is 0 Å². The molecule has 0 amide bonds. The van der Waals surface area contributed by atoms with E-state index in [0.717, 1.165) is 5.69 Å². The van der Waals surface area contributed by atoms with E-state index >= 15 is 0 Å². The van der Waals surface area contributed by atoms with Gasteiger partial charge in [0.15, 0.2) is 0 Å². The van der Waals surface area contributed by atoms with Gasteiger partial charge in [-0.15, -0.1) is 0 Å². The van der Waals surface area contributed by atoms with Crippen molar-refractivity contribution >= 4 is 11.7 Å². The Hall–Kier alpha value is -2.49. The van der Waals surface area contributed by atoms with E-state index < -0.39 is 5.97 Å². The molecule has 2 rings (SSSR count). The molecule has 0 aromatic heterocycles. The summed E-state index contributed by atoms with van der Waals surface area (Å²) >= 11 is 0. The fraction of sp³-hybridized carbons (Fsp3) is 0.235. The fourth-order valence-corrected chi connectivity index (χ4v) is 2.16. The Morgan fingerprint density at radius 3 is 2.48 bits per heavy atom. The molecular formula is C17H19NO3. The van der Waals surface area contributed by atoms with Crippen LogP contribution in [0.15, 0.2) is 42.5 Å². The third kappa shape index (κ3) is 3.99. The van der Waals surface area contributed by atoms with Gasteiger partial charge in [-0.25, -0.2) is 4.79 Å². The zero-order valence-corrected chi connectivity index (χ0v) is 12.2. The number of ether oxygens (including phenoxy) is 1. The van der Waals surface area contributed by atoms with E-state index in [1.807, 2.05) is 6.07 Å². The van der Waals surface area contributed by atoms with Gasteiger partial charge < -0.3 is 15.2 Å². The Balaban J connectivity index is 1.88. The van der Waals surface area contributed by atoms with Crippen molar-refractivity contribution < 1.29 is 14.6 Å². The molecule has 0 aliphatic heterocycles. The first kappa shape index (κ1) is 14.9. The molecule has 4 heteroatoms. The number of hydrogen-bond donors (Lipinski definition) is 2. The smallest absolute Gasteiger partial charge is 0.335 e. The van der Waals surface area contributed by atoms with Gasteiger partial charge in [0.1, 0.15) is 12.4 Å². The van der Waals surface area contributed by atoms with E-state index in [-0.39, 0.29) is 5.56 Å². The lowest BCUT2D eigenvalue weighted by Gasteiger charge is -2.13. The van der Waals surface area contributed by atoms with Crippen molar-refractivity contribution in [2.24, 2.45) is 0 Å². The van der Waals surface area contributed by atoms with E-state index in [1.165, 1.54) is 17.2 Å². The van der Waals surface area contributed by atoms with Crippen molar-refractivity contribution in [1.29, 1.82) is 0 Å². The van der Waals surface area contributed by atoms with E-state index in [4.69, 9.17) is 9.84 Å². The zero-order valence-electron chi connectivity index (χ0n) is 12.2. The maximum Gasteiger partial charge on any atom is 0.335 e. The van der Waals surface area contributed by atoms with Crippen LogP contribution in [0.4, 0.5) is 5.69 Å². The molecule has 0 aliphatic rings. The van der Waals surface area contributed by atoms with Gasteiger partial charge in [-0.05, 0) is 43.2 Å². The molecule has 0 aliphatic carbocycles. The second-order valence-electron chi connectivity index (χ2n) is 4.88. The molecule has 2 aromatic rings. The number of aromatic carboxylic acids is 1. The van der Waals surface area contributed by atoms with Crippen molar-refractivity contribution in [2.45, 2.75) is 13.8 Å². The molecule has 2 aromatic carbocycles. The predicted octanol–water partition coefficient (Wildman–Crippen LogP) is 3.49. The average molecular weight is 285 g/mol. The van der Waals surface area contributed by atoms with E-state index in [0.29, 0.717) is 18.9 Å². The normalized spacial score (nSPS) is 10.2. The summed E-state index contributed by atoms with van der Waals surface area (Å²) in [4.78, 5) is 10.9. The van der Waals surface area contributed by atoms with Crippen LogP contribution in [0.25, 0.3) is 0 Å². The zero-order chi connectivity index (χ0) is 15.2. The number of carboxylic acid groups (broad SMARTS) is 1. The molecule has 0 bridgehead atoms. The van der Waals surface area contributed by atoms with Crippen LogP contribution in [0.2, 0.25) is 0 Å². The predicted molar refractivity (Wildman–Crippen MR) is 83.3 cm³/mol. The first-order valence-electron chi connectivity index (χ1n) is 6.84. The molecule has 0 heterocycles. The molecule has 0 saturated carbocycles. The lowest BCUT2D eigenvalue weighted by molar-refractivity contribution is 0.0696. The second kappa shape index (κ2) is 6.79. The third-order valence-corrected chi connectivity index (χ3v) is 3.23. The van der Waals surface area contributed by atoms with Crippen LogP contribution in [-0.4, -0.2) is 24.2 Å². The molecule has 0 unspecified atom stereocenters. The molecule has 0 atom stereocenters. The van der Waals surface area contributed by atoms with Crippen LogP contribution in [0.5, 0.6) is 5.75 Å². The van der Waals surface area contributed by atoms with Crippen LogP contribution in [0.1, 0.15) is 21.5 Å². The summed E-state index contributed by atoms with van der Waals surface area (Å²) in [7, 11) is 0. The summed E-state index contributed by atoms with van der Waals surface area (Å²) in [6.45, 7) is 5.25. The molecular weight excluding hydrogens is 266 g/mol. The Bertz CT molecular complexity index is 617. The number of nitrogens with one attached hydrogen (secondary N) is 1. The summed E-state index contributed by atoms with van der Waals surface area (Å²) in [5.74, 6) is -0.382. The van der Waals surface area contributed by atoms with Crippen molar-refractivity contribution in [3.8, 4) is 5.75 Å². The minimum absolute atomic E-state index is 0.232. The molecule has 0 fully saturated rings. The number of benzene rings is 2. The number of aryl methyl sites for hydroxylation is 2. The molecule has 0 spiro atoms. The average Bonchev–Trinajstić information content (AvgIpc) is 2.46. The summed E-state index contributed by atoms with van der Waals surface area (Å²) in [6.07, 6.45) is 0. The first-order chi connectivity index (χ1) is 10.1. The Kier molecular flexibility index (Phi) is 4.82. The molecule has 110 valence electrons. The largest absolute Gasteiger partial charge is 0.492 e. The number of carboxylic acids is 1. The summed E-state index contributed by atoms with van der Waals surface area (Å²) in [5.41, 5.74) is 3.75. The Labute approximate surface area is 124 Å². The third-order valence-electron chi connectivity index (χ3n) is 3.23. The number of rotatable bonds is 6. The SMILES string of the molecule is Cc1cccc(C)c1NCCOc1cccc(C(=O)O)c1. The van der Waals surface area contributed by atoms with Crippen molar-refractivity contribution in [3.63, 3.8) is 0 Å². The number of hydrogen-bond acceptors (Lipinski definition) is 3. The van der Waals surface area contributed by atoms with E-state index in [1.54, 1.807) is 18.2 Å². The quantitative estimate of drug-likeness (QED) is 0.798. The van der Waals surface area contributed by atoms with E-state index in [2.05, 4.69) is 31.3 Å². The monoisotopic (exact) mass is 285 g/mol. The number of anilines is 1. The second-order valence-corrected chi connectivity index (χ2v) is 4.88. The Morgan fingerprint density at radius 2 is 1.81 bits per heavy atom. The summed E-state index contributed by atoms with van der Waals surface area (Å²) in [6, 6.07) is 12.7. The molecule has 21 heavy (non-hydrogen) atoms. The van der Waals surface area contributed by atoms with Gasteiger partial charge >= 0.3 is 5.97 Å². The van der Waals surface area contributed by atoms with Gasteiger partial charge in [0.25, 0.3) is 0 Å². The summed E-state index contributed by atoms with van der Waals surface area (Å²) in [5, 5.41) is 12.3. The maximum atomic E-state index is 10.9. The Morgan fingerprint density at radius 1 is 1.14 bits per heavy atom. The summed E-state index contributed by atoms with van der Waals surface area (Å²) < 4.78 is 5.57. The highest BCUT2D eigenvalue weighted by atomic mass is 16.5. The van der Waals surface area contributed by atoms with Crippen LogP contribution in [0.3, 0.4) is 0 Å². The van der Waals surface area contributed by atoms with Crippen molar-refractivity contribution in [1.82, 2.24) is 0 Å². The minimum Gasteiger partial charge on any atom is -0.492 e.